The predicted molar refractivity (Wildman–Crippen MR) is 116 cm³/mol. The fourth-order valence-electron chi connectivity index (χ4n) is 2.93. The molecule has 0 saturated carbocycles. The normalized spacial score (nSPS) is 12.6. The number of carbonyl (C=O) groups excluding carboxylic acids is 3. The maximum atomic E-state index is 12.3. The van der Waals surface area contributed by atoms with Crippen molar-refractivity contribution in [2.75, 3.05) is 0 Å². The lowest BCUT2D eigenvalue weighted by Crippen LogP contribution is -2.48. The number of rotatable bonds is 7. The number of fused-ring (bicyclic) bond motifs is 1. The molecule has 0 radical (unpaired) electrons. The van der Waals surface area contributed by atoms with Gasteiger partial charge in [0.05, 0.1) is 12.5 Å². The van der Waals surface area contributed by atoms with E-state index < -0.39 is 24.0 Å². The van der Waals surface area contributed by atoms with Crippen LogP contribution in [0.5, 0.6) is 5.75 Å². The van der Waals surface area contributed by atoms with Gasteiger partial charge >= 0.3 is 0 Å². The molecular formula is C22H23N3O4S. The van der Waals surface area contributed by atoms with Gasteiger partial charge in [0.15, 0.2) is 6.10 Å². The molecule has 0 aliphatic rings. The van der Waals surface area contributed by atoms with Gasteiger partial charge < -0.3 is 10.1 Å². The summed E-state index contributed by atoms with van der Waals surface area (Å²) in [5.74, 6) is -0.578. The average Bonchev–Trinajstić information content (AvgIpc) is 3.26. The van der Waals surface area contributed by atoms with Crippen LogP contribution in [-0.4, -0.2) is 23.8 Å². The van der Waals surface area contributed by atoms with E-state index in [4.69, 9.17) is 4.74 Å². The summed E-state index contributed by atoms with van der Waals surface area (Å²) in [6.45, 7) is 2.99. The highest BCUT2D eigenvalue weighted by atomic mass is 32.1. The Balaban J connectivity index is 1.51. The SMILES string of the molecule is CC(=O)NC(CC(=O)NNC(=O)C(C)Oc1ccc2ccccc2c1)c1cccs1. The predicted octanol–water partition coefficient (Wildman–Crippen LogP) is 3.08. The van der Waals surface area contributed by atoms with Crippen LogP contribution in [0.15, 0.2) is 60.0 Å². The lowest BCUT2D eigenvalue weighted by molar-refractivity contribution is -0.133. The van der Waals surface area contributed by atoms with Gasteiger partial charge in [-0.3, -0.25) is 25.2 Å². The van der Waals surface area contributed by atoms with Crippen molar-refractivity contribution in [2.24, 2.45) is 0 Å². The average molecular weight is 426 g/mol. The molecule has 0 aliphatic heterocycles. The number of amides is 3. The van der Waals surface area contributed by atoms with Gasteiger partial charge in [-0.1, -0.05) is 36.4 Å². The summed E-state index contributed by atoms with van der Waals surface area (Å²) < 4.78 is 5.69. The molecule has 1 heterocycles. The Hall–Kier alpha value is -3.39. The van der Waals surface area contributed by atoms with Gasteiger partial charge in [0.25, 0.3) is 5.91 Å². The maximum absolute atomic E-state index is 12.3. The molecule has 2 aromatic carbocycles. The zero-order chi connectivity index (χ0) is 21.5. The van der Waals surface area contributed by atoms with Gasteiger partial charge in [-0.05, 0) is 41.3 Å². The number of hydrogen-bond acceptors (Lipinski definition) is 5. The maximum Gasteiger partial charge on any atom is 0.279 e. The van der Waals surface area contributed by atoms with Crippen molar-refractivity contribution in [3.8, 4) is 5.75 Å². The molecule has 0 aliphatic carbocycles. The molecule has 0 fully saturated rings. The van der Waals surface area contributed by atoms with Crippen molar-refractivity contribution in [1.29, 1.82) is 0 Å². The number of thiophene rings is 1. The van der Waals surface area contributed by atoms with E-state index in [0.717, 1.165) is 15.6 Å². The van der Waals surface area contributed by atoms with Crippen molar-refractivity contribution in [1.82, 2.24) is 16.2 Å². The Morgan fingerprint density at radius 1 is 1.00 bits per heavy atom. The van der Waals surface area contributed by atoms with Crippen LogP contribution in [0, 0.1) is 0 Å². The fraction of sp³-hybridized carbons (Fsp3) is 0.227. The molecule has 3 amide bonds. The third kappa shape index (κ3) is 5.81. The summed E-state index contributed by atoms with van der Waals surface area (Å²) in [6, 6.07) is 16.7. The molecule has 30 heavy (non-hydrogen) atoms. The Morgan fingerprint density at radius 2 is 1.77 bits per heavy atom. The first kappa shape index (κ1) is 21.3. The van der Waals surface area contributed by atoms with Gasteiger partial charge in [0.1, 0.15) is 5.75 Å². The topological polar surface area (TPSA) is 96.5 Å². The second-order valence-electron chi connectivity index (χ2n) is 6.78. The molecule has 3 rings (SSSR count). The van der Waals surface area contributed by atoms with Crippen molar-refractivity contribution in [3.63, 3.8) is 0 Å². The second kappa shape index (κ2) is 9.89. The van der Waals surface area contributed by atoms with Crippen LogP contribution < -0.4 is 20.9 Å². The van der Waals surface area contributed by atoms with Crippen molar-refractivity contribution >= 4 is 39.8 Å². The molecule has 0 bridgehead atoms. The molecule has 2 atom stereocenters. The molecule has 1 aromatic heterocycles. The number of hydrazine groups is 1. The van der Waals surface area contributed by atoms with E-state index in [9.17, 15) is 14.4 Å². The first-order valence-corrected chi connectivity index (χ1v) is 10.3. The minimum atomic E-state index is -0.810. The smallest absolute Gasteiger partial charge is 0.279 e. The van der Waals surface area contributed by atoms with Crippen molar-refractivity contribution in [2.45, 2.75) is 32.4 Å². The molecule has 0 spiro atoms. The molecule has 2 unspecified atom stereocenters. The summed E-state index contributed by atoms with van der Waals surface area (Å²) in [4.78, 5) is 36.8. The van der Waals surface area contributed by atoms with Crippen LogP contribution in [0.2, 0.25) is 0 Å². The number of ether oxygens (including phenoxy) is 1. The summed E-state index contributed by atoms with van der Waals surface area (Å²) in [5, 5.41) is 6.70. The number of hydrogen-bond donors (Lipinski definition) is 3. The first-order chi connectivity index (χ1) is 14.4. The van der Waals surface area contributed by atoms with E-state index in [0.29, 0.717) is 5.75 Å². The molecular weight excluding hydrogens is 402 g/mol. The van der Waals surface area contributed by atoms with Crippen LogP contribution in [0.25, 0.3) is 10.8 Å². The van der Waals surface area contributed by atoms with Crippen LogP contribution >= 0.6 is 11.3 Å². The lowest BCUT2D eigenvalue weighted by atomic mass is 10.1. The van der Waals surface area contributed by atoms with Gasteiger partial charge in [-0.15, -0.1) is 11.3 Å². The third-order valence-corrected chi connectivity index (χ3v) is 5.37. The number of nitrogens with one attached hydrogen (secondary N) is 3. The first-order valence-electron chi connectivity index (χ1n) is 9.47. The van der Waals surface area contributed by atoms with E-state index in [1.54, 1.807) is 13.0 Å². The monoisotopic (exact) mass is 425 g/mol. The zero-order valence-electron chi connectivity index (χ0n) is 16.7. The summed E-state index contributed by atoms with van der Waals surface area (Å²) in [6.07, 6.45) is -0.810. The van der Waals surface area contributed by atoms with Crippen LogP contribution in [0.4, 0.5) is 0 Å². The van der Waals surface area contributed by atoms with E-state index in [1.165, 1.54) is 18.3 Å². The van der Waals surface area contributed by atoms with Gasteiger partial charge in [-0.2, -0.15) is 0 Å². The summed E-state index contributed by atoms with van der Waals surface area (Å²) in [5.41, 5.74) is 4.75. The van der Waals surface area contributed by atoms with Gasteiger partial charge in [0.2, 0.25) is 11.8 Å². The standard InChI is InChI=1S/C22H23N3O4S/c1-14(29-18-10-9-16-6-3-4-7-17(16)12-18)22(28)25-24-21(27)13-19(23-15(2)26)20-8-5-11-30-20/h3-12,14,19H,13H2,1-2H3,(H,23,26)(H,24,27)(H,25,28). The van der Waals surface area contributed by atoms with Crippen LogP contribution in [-0.2, 0) is 14.4 Å². The van der Waals surface area contributed by atoms with Crippen molar-refractivity contribution < 1.29 is 19.1 Å². The zero-order valence-corrected chi connectivity index (χ0v) is 17.5. The highest BCUT2D eigenvalue weighted by molar-refractivity contribution is 7.10. The van der Waals surface area contributed by atoms with E-state index >= 15 is 0 Å². The van der Waals surface area contributed by atoms with Crippen LogP contribution in [0.1, 0.15) is 31.2 Å². The lowest BCUT2D eigenvalue weighted by Gasteiger charge is -2.18. The van der Waals surface area contributed by atoms with Crippen LogP contribution in [0.3, 0.4) is 0 Å². The quantitative estimate of drug-likeness (QED) is 0.507. The van der Waals surface area contributed by atoms with E-state index in [1.807, 2.05) is 53.9 Å². The number of benzene rings is 2. The van der Waals surface area contributed by atoms with E-state index in [-0.39, 0.29) is 12.3 Å². The van der Waals surface area contributed by atoms with Gasteiger partial charge in [0, 0.05) is 11.8 Å². The molecule has 3 N–H and O–H groups in total. The molecule has 0 saturated heterocycles. The second-order valence-corrected chi connectivity index (χ2v) is 7.76. The molecule has 156 valence electrons. The Kier molecular flexibility index (Phi) is 7.03. The summed E-state index contributed by atoms with van der Waals surface area (Å²) in [7, 11) is 0. The van der Waals surface area contributed by atoms with Gasteiger partial charge in [-0.25, -0.2) is 0 Å². The highest BCUT2D eigenvalue weighted by Gasteiger charge is 2.20. The highest BCUT2D eigenvalue weighted by Crippen LogP contribution is 2.22. The van der Waals surface area contributed by atoms with Crippen molar-refractivity contribution in [3.05, 3.63) is 64.9 Å². The Morgan fingerprint density at radius 3 is 2.47 bits per heavy atom. The molecule has 8 heteroatoms. The minimum Gasteiger partial charge on any atom is -0.481 e. The molecule has 3 aromatic rings. The Bertz CT molecular complexity index is 1040. The Labute approximate surface area is 178 Å². The summed E-state index contributed by atoms with van der Waals surface area (Å²) >= 11 is 1.44. The molecule has 7 nitrogen and oxygen atoms in total. The fourth-order valence-corrected chi connectivity index (χ4v) is 3.70. The minimum absolute atomic E-state index is 0.000284. The number of carbonyl (C=O) groups is 3. The van der Waals surface area contributed by atoms with E-state index in [2.05, 4.69) is 16.2 Å². The third-order valence-electron chi connectivity index (χ3n) is 4.38. The largest absolute Gasteiger partial charge is 0.481 e.